The van der Waals surface area contributed by atoms with E-state index in [1.807, 2.05) is 12.1 Å². The molecule has 2 N–H and O–H groups in total. The van der Waals surface area contributed by atoms with Crippen molar-refractivity contribution in [1.82, 2.24) is 15.2 Å². The predicted octanol–water partition coefficient (Wildman–Crippen LogP) is 3.01. The topological polar surface area (TPSA) is 31.1 Å². The molecule has 1 aliphatic heterocycles. The number of halogens is 1. The molecular weight excluding hydrogens is 258 g/mol. The average Bonchev–Trinajstić information content (AvgIpc) is 3.05. The van der Waals surface area contributed by atoms with Crippen LogP contribution in [0, 0.1) is 0 Å². The highest BCUT2D eigenvalue weighted by Crippen LogP contribution is 2.24. The number of likely N-dealkylation sites (N-methyl/N-ethyl adjacent to an activating group) is 1. The van der Waals surface area contributed by atoms with Gasteiger partial charge in [0.1, 0.15) is 0 Å². The van der Waals surface area contributed by atoms with Gasteiger partial charge in [-0.2, -0.15) is 0 Å². The highest BCUT2D eigenvalue weighted by atomic mass is 35.5. The summed E-state index contributed by atoms with van der Waals surface area (Å²) in [6.45, 7) is 6.59. The molecule has 2 aromatic rings. The summed E-state index contributed by atoms with van der Waals surface area (Å²) >= 11 is 6.03. The van der Waals surface area contributed by atoms with Crippen LogP contribution >= 0.6 is 11.6 Å². The number of aromatic nitrogens is 1. The Hall–Kier alpha value is -1.03. The Balaban J connectivity index is 1.83. The first-order chi connectivity index (χ1) is 9.28. The molecule has 4 heteroatoms. The lowest BCUT2D eigenvalue weighted by molar-refractivity contribution is 0.211. The van der Waals surface area contributed by atoms with Gasteiger partial charge in [0.15, 0.2) is 0 Å². The molecule has 2 heterocycles. The van der Waals surface area contributed by atoms with Crippen LogP contribution in [0.15, 0.2) is 24.4 Å². The van der Waals surface area contributed by atoms with Crippen molar-refractivity contribution in [3.8, 4) is 0 Å². The van der Waals surface area contributed by atoms with E-state index in [2.05, 4.69) is 34.4 Å². The Morgan fingerprint density at radius 3 is 3.05 bits per heavy atom. The average molecular weight is 278 g/mol. The molecule has 1 aromatic carbocycles. The second kappa shape index (κ2) is 5.53. The van der Waals surface area contributed by atoms with Gasteiger partial charge in [-0.05, 0) is 37.2 Å². The van der Waals surface area contributed by atoms with Gasteiger partial charge in [0, 0.05) is 41.3 Å². The zero-order chi connectivity index (χ0) is 13.2. The third-order valence-corrected chi connectivity index (χ3v) is 4.29. The van der Waals surface area contributed by atoms with Crippen molar-refractivity contribution in [3.05, 3.63) is 35.0 Å². The molecule has 1 aromatic heterocycles. The highest BCUT2D eigenvalue weighted by molar-refractivity contribution is 6.31. The van der Waals surface area contributed by atoms with E-state index in [4.69, 9.17) is 11.6 Å². The molecular formula is C15H20ClN3. The smallest absolute Gasteiger partial charge is 0.0472 e. The Bertz CT molecular complexity index is 558. The standard InChI is InChI=1S/C15H20ClN3/c1-2-19(13-5-6-17-9-13)10-11-8-18-15-7-12(16)3-4-14(11)15/h3-4,7-8,13,17-18H,2,5-6,9-10H2,1H3. The van der Waals surface area contributed by atoms with Gasteiger partial charge in [-0.15, -0.1) is 0 Å². The minimum atomic E-state index is 0.669. The predicted molar refractivity (Wildman–Crippen MR) is 80.7 cm³/mol. The molecule has 1 saturated heterocycles. The van der Waals surface area contributed by atoms with E-state index in [0.29, 0.717) is 6.04 Å². The fourth-order valence-electron chi connectivity index (χ4n) is 2.96. The molecule has 3 nitrogen and oxygen atoms in total. The number of hydrogen-bond donors (Lipinski definition) is 2. The Kier molecular flexibility index (Phi) is 3.78. The second-order valence-electron chi connectivity index (χ2n) is 5.21. The number of nitrogens with one attached hydrogen (secondary N) is 2. The third-order valence-electron chi connectivity index (χ3n) is 4.06. The number of H-pyrrole nitrogens is 1. The molecule has 0 bridgehead atoms. The number of benzene rings is 1. The Labute approximate surface area is 118 Å². The number of fused-ring (bicyclic) bond motifs is 1. The first kappa shape index (κ1) is 13.0. The second-order valence-corrected chi connectivity index (χ2v) is 5.65. The van der Waals surface area contributed by atoms with E-state index >= 15 is 0 Å². The first-order valence-electron chi connectivity index (χ1n) is 6.98. The summed E-state index contributed by atoms with van der Waals surface area (Å²) in [5.74, 6) is 0. The van der Waals surface area contributed by atoms with E-state index in [9.17, 15) is 0 Å². The molecule has 0 saturated carbocycles. The molecule has 1 atom stereocenters. The molecule has 3 rings (SSSR count). The van der Waals surface area contributed by atoms with Gasteiger partial charge in [0.25, 0.3) is 0 Å². The summed E-state index contributed by atoms with van der Waals surface area (Å²) in [5, 5.41) is 5.52. The summed E-state index contributed by atoms with van der Waals surface area (Å²) in [6, 6.07) is 6.74. The van der Waals surface area contributed by atoms with Crippen molar-refractivity contribution in [3.63, 3.8) is 0 Å². The summed E-state index contributed by atoms with van der Waals surface area (Å²) < 4.78 is 0. The monoisotopic (exact) mass is 277 g/mol. The van der Waals surface area contributed by atoms with Crippen LogP contribution in [0.2, 0.25) is 5.02 Å². The van der Waals surface area contributed by atoms with Crippen molar-refractivity contribution >= 4 is 22.5 Å². The van der Waals surface area contributed by atoms with E-state index in [1.54, 1.807) is 0 Å². The normalized spacial score (nSPS) is 19.6. The minimum absolute atomic E-state index is 0.669. The third kappa shape index (κ3) is 2.64. The lowest BCUT2D eigenvalue weighted by Crippen LogP contribution is -2.36. The number of rotatable bonds is 4. The van der Waals surface area contributed by atoms with Gasteiger partial charge in [-0.25, -0.2) is 0 Å². The van der Waals surface area contributed by atoms with Gasteiger partial charge in [0.2, 0.25) is 0 Å². The molecule has 1 aliphatic rings. The maximum absolute atomic E-state index is 6.03. The number of aromatic amines is 1. The molecule has 102 valence electrons. The van der Waals surface area contributed by atoms with Gasteiger partial charge in [0.05, 0.1) is 0 Å². The van der Waals surface area contributed by atoms with E-state index in [0.717, 1.165) is 36.7 Å². The molecule has 0 radical (unpaired) electrons. The zero-order valence-electron chi connectivity index (χ0n) is 11.2. The fourth-order valence-corrected chi connectivity index (χ4v) is 3.13. The zero-order valence-corrected chi connectivity index (χ0v) is 12.0. The first-order valence-corrected chi connectivity index (χ1v) is 7.36. The Morgan fingerprint density at radius 1 is 1.42 bits per heavy atom. The highest BCUT2D eigenvalue weighted by Gasteiger charge is 2.21. The van der Waals surface area contributed by atoms with E-state index < -0.39 is 0 Å². The van der Waals surface area contributed by atoms with Crippen LogP contribution < -0.4 is 5.32 Å². The van der Waals surface area contributed by atoms with Gasteiger partial charge in [-0.3, -0.25) is 4.90 Å². The quantitative estimate of drug-likeness (QED) is 0.900. The van der Waals surface area contributed by atoms with E-state index in [-0.39, 0.29) is 0 Å². The van der Waals surface area contributed by atoms with Crippen LogP contribution in [0.25, 0.3) is 10.9 Å². The molecule has 0 amide bonds. The lowest BCUT2D eigenvalue weighted by Gasteiger charge is -2.26. The van der Waals surface area contributed by atoms with Gasteiger partial charge in [-0.1, -0.05) is 24.6 Å². The SMILES string of the molecule is CCN(Cc1c[nH]c2cc(Cl)ccc12)C1CCNC1. The van der Waals surface area contributed by atoms with Crippen LogP contribution in [0.4, 0.5) is 0 Å². The van der Waals surface area contributed by atoms with Crippen molar-refractivity contribution < 1.29 is 0 Å². The van der Waals surface area contributed by atoms with E-state index in [1.165, 1.54) is 17.4 Å². The fraction of sp³-hybridized carbons (Fsp3) is 0.467. The number of hydrogen-bond acceptors (Lipinski definition) is 2. The maximum atomic E-state index is 6.03. The molecule has 1 unspecified atom stereocenters. The largest absolute Gasteiger partial charge is 0.361 e. The van der Waals surface area contributed by atoms with Crippen LogP contribution in [0.1, 0.15) is 18.9 Å². The maximum Gasteiger partial charge on any atom is 0.0472 e. The molecule has 0 aliphatic carbocycles. The van der Waals surface area contributed by atoms with Crippen LogP contribution in [0.3, 0.4) is 0 Å². The summed E-state index contributed by atoms with van der Waals surface area (Å²) in [4.78, 5) is 5.88. The van der Waals surface area contributed by atoms with Crippen molar-refractivity contribution in [2.24, 2.45) is 0 Å². The van der Waals surface area contributed by atoms with Crippen molar-refractivity contribution in [1.29, 1.82) is 0 Å². The van der Waals surface area contributed by atoms with Crippen molar-refractivity contribution in [2.45, 2.75) is 25.9 Å². The molecule has 1 fully saturated rings. The summed E-state index contributed by atoms with van der Waals surface area (Å²) in [6.07, 6.45) is 3.37. The summed E-state index contributed by atoms with van der Waals surface area (Å²) in [7, 11) is 0. The van der Waals surface area contributed by atoms with Crippen LogP contribution in [-0.2, 0) is 6.54 Å². The van der Waals surface area contributed by atoms with Gasteiger partial charge < -0.3 is 10.3 Å². The molecule has 0 spiro atoms. The van der Waals surface area contributed by atoms with Crippen molar-refractivity contribution in [2.75, 3.05) is 19.6 Å². The van der Waals surface area contributed by atoms with Crippen LogP contribution in [-0.4, -0.2) is 35.6 Å². The number of nitrogens with zero attached hydrogens (tertiary/aromatic N) is 1. The summed E-state index contributed by atoms with van der Waals surface area (Å²) in [5.41, 5.74) is 2.49. The molecule has 19 heavy (non-hydrogen) atoms. The Morgan fingerprint density at radius 2 is 2.32 bits per heavy atom. The minimum Gasteiger partial charge on any atom is -0.361 e. The lowest BCUT2D eigenvalue weighted by atomic mass is 10.1. The van der Waals surface area contributed by atoms with Gasteiger partial charge >= 0.3 is 0 Å². The van der Waals surface area contributed by atoms with Crippen LogP contribution in [0.5, 0.6) is 0 Å².